The number of benzene rings is 2. The van der Waals surface area contributed by atoms with Crippen molar-refractivity contribution in [3.8, 4) is 17.6 Å². The average molecular weight is 416 g/mol. The van der Waals surface area contributed by atoms with E-state index in [4.69, 9.17) is 19.9 Å². The lowest BCUT2D eigenvalue weighted by atomic mass is 9.73. The van der Waals surface area contributed by atoms with Gasteiger partial charge >= 0.3 is 0 Å². The van der Waals surface area contributed by atoms with Crippen LogP contribution in [0.1, 0.15) is 42.7 Å². The Bertz CT molecular complexity index is 1110. The van der Waals surface area contributed by atoms with Crippen LogP contribution in [0.5, 0.6) is 11.5 Å². The van der Waals surface area contributed by atoms with Crippen LogP contribution < -0.4 is 15.2 Å². The molecule has 1 heterocycles. The number of nitriles is 1. The molecular formula is C25H24N2O4. The van der Waals surface area contributed by atoms with Gasteiger partial charge in [0.25, 0.3) is 0 Å². The number of Topliss-reactive ketones (excluding diaryl/α,β-unsaturated/α-hetero) is 1. The van der Waals surface area contributed by atoms with Gasteiger partial charge in [0.05, 0.1) is 19.6 Å². The number of methoxy groups -OCH3 is 1. The normalized spacial score (nSPS) is 20.6. The SMILES string of the molecule is CCOc1cc([C@@H]2C(C#N)=C(N)OC3=C2C(=O)C[C@@H](c2ccccc2)C3)ccc1OC. The van der Waals surface area contributed by atoms with E-state index in [1.54, 1.807) is 13.2 Å². The first-order valence-electron chi connectivity index (χ1n) is 10.3. The minimum Gasteiger partial charge on any atom is -0.493 e. The fraction of sp³-hybridized carbons (Fsp3) is 0.280. The van der Waals surface area contributed by atoms with Crippen LogP contribution >= 0.6 is 0 Å². The third-order valence-electron chi connectivity index (χ3n) is 5.75. The van der Waals surface area contributed by atoms with Crippen LogP contribution in [0, 0.1) is 11.3 Å². The van der Waals surface area contributed by atoms with Gasteiger partial charge in [0.2, 0.25) is 5.88 Å². The molecule has 0 radical (unpaired) electrons. The molecule has 0 aromatic heterocycles. The van der Waals surface area contributed by atoms with Gasteiger partial charge < -0.3 is 19.9 Å². The molecule has 0 fully saturated rings. The van der Waals surface area contributed by atoms with Gasteiger partial charge in [0, 0.05) is 18.4 Å². The largest absolute Gasteiger partial charge is 0.493 e. The van der Waals surface area contributed by atoms with Gasteiger partial charge in [-0.25, -0.2) is 0 Å². The van der Waals surface area contributed by atoms with Crippen molar-refractivity contribution >= 4 is 5.78 Å². The molecule has 2 aromatic rings. The Hall–Kier alpha value is -3.72. The molecule has 31 heavy (non-hydrogen) atoms. The minimum atomic E-state index is -0.594. The van der Waals surface area contributed by atoms with Gasteiger partial charge in [-0.1, -0.05) is 36.4 Å². The monoisotopic (exact) mass is 416 g/mol. The number of nitrogens with zero attached hydrogens (tertiary/aromatic N) is 1. The summed E-state index contributed by atoms with van der Waals surface area (Å²) < 4.78 is 16.9. The predicted molar refractivity (Wildman–Crippen MR) is 115 cm³/mol. The standard InChI is InChI=1S/C25H24N2O4/c1-3-30-21-12-16(9-10-20(21)29-2)23-18(14-26)25(27)31-22-13-17(11-19(28)24(22)23)15-7-5-4-6-8-15/h4-10,12,17,23H,3,11,13,27H2,1-2H3/t17-,23-/m1/s1. The molecule has 0 amide bonds. The molecule has 0 saturated heterocycles. The zero-order chi connectivity index (χ0) is 22.0. The third kappa shape index (κ3) is 3.75. The maximum absolute atomic E-state index is 13.3. The second kappa shape index (κ2) is 8.57. The van der Waals surface area contributed by atoms with Crippen LogP contribution in [-0.4, -0.2) is 19.5 Å². The molecule has 0 bridgehead atoms. The maximum atomic E-state index is 13.3. The fourth-order valence-corrected chi connectivity index (χ4v) is 4.34. The van der Waals surface area contributed by atoms with Gasteiger partial charge in [-0.05, 0) is 36.1 Å². The zero-order valence-electron chi connectivity index (χ0n) is 17.6. The Labute approximate surface area is 181 Å². The molecule has 4 rings (SSSR count). The topological polar surface area (TPSA) is 94.6 Å². The quantitative estimate of drug-likeness (QED) is 0.781. The summed E-state index contributed by atoms with van der Waals surface area (Å²) in [6, 6.07) is 17.5. The lowest BCUT2D eigenvalue weighted by Gasteiger charge is -2.34. The number of carbonyl (C=O) groups is 1. The van der Waals surface area contributed by atoms with Crippen molar-refractivity contribution < 1.29 is 19.0 Å². The predicted octanol–water partition coefficient (Wildman–Crippen LogP) is 4.30. The molecule has 1 aliphatic carbocycles. The molecule has 6 nitrogen and oxygen atoms in total. The van der Waals surface area contributed by atoms with Gasteiger partial charge in [0.1, 0.15) is 17.4 Å². The van der Waals surface area contributed by atoms with Crippen LogP contribution in [0.15, 0.2) is 71.3 Å². The minimum absolute atomic E-state index is 0.0133. The molecule has 2 atom stereocenters. The van der Waals surface area contributed by atoms with Crippen molar-refractivity contribution in [3.63, 3.8) is 0 Å². The number of hydrogen-bond donors (Lipinski definition) is 1. The van der Waals surface area contributed by atoms with Crippen molar-refractivity contribution in [3.05, 3.63) is 82.4 Å². The summed E-state index contributed by atoms with van der Waals surface area (Å²) in [5.74, 6) is 1.11. The van der Waals surface area contributed by atoms with Crippen molar-refractivity contribution in [2.75, 3.05) is 13.7 Å². The summed E-state index contributed by atoms with van der Waals surface area (Å²) in [7, 11) is 1.57. The first-order valence-corrected chi connectivity index (χ1v) is 10.3. The van der Waals surface area contributed by atoms with E-state index >= 15 is 0 Å². The molecule has 0 saturated carbocycles. The van der Waals surface area contributed by atoms with E-state index in [1.807, 2.05) is 49.4 Å². The Morgan fingerprint density at radius 1 is 1.13 bits per heavy atom. The van der Waals surface area contributed by atoms with E-state index in [-0.39, 0.29) is 23.2 Å². The molecule has 6 heteroatoms. The van der Waals surface area contributed by atoms with E-state index in [0.29, 0.717) is 42.3 Å². The molecule has 1 aliphatic heterocycles. The number of ether oxygens (including phenoxy) is 3. The molecule has 0 spiro atoms. The van der Waals surface area contributed by atoms with E-state index in [0.717, 1.165) is 11.1 Å². The van der Waals surface area contributed by atoms with E-state index in [1.165, 1.54) is 0 Å². The summed E-state index contributed by atoms with van der Waals surface area (Å²) in [4.78, 5) is 13.3. The lowest BCUT2D eigenvalue weighted by Crippen LogP contribution is -2.29. The van der Waals surface area contributed by atoms with Gasteiger partial charge in [0.15, 0.2) is 17.3 Å². The van der Waals surface area contributed by atoms with Crippen molar-refractivity contribution in [2.24, 2.45) is 5.73 Å². The Morgan fingerprint density at radius 3 is 2.58 bits per heavy atom. The zero-order valence-corrected chi connectivity index (χ0v) is 17.6. The van der Waals surface area contributed by atoms with Crippen LogP contribution in [0.3, 0.4) is 0 Å². The molecule has 158 valence electrons. The maximum Gasteiger partial charge on any atom is 0.205 e. The van der Waals surface area contributed by atoms with Crippen LogP contribution in [0.2, 0.25) is 0 Å². The number of rotatable bonds is 5. The van der Waals surface area contributed by atoms with Gasteiger partial charge in [-0.3, -0.25) is 4.79 Å². The number of nitrogens with two attached hydrogens (primary N) is 1. The van der Waals surface area contributed by atoms with E-state index < -0.39 is 5.92 Å². The van der Waals surface area contributed by atoms with E-state index in [9.17, 15) is 10.1 Å². The highest BCUT2D eigenvalue weighted by Gasteiger charge is 2.41. The fourth-order valence-electron chi connectivity index (χ4n) is 4.34. The summed E-state index contributed by atoms with van der Waals surface area (Å²) in [5.41, 5.74) is 8.70. The summed E-state index contributed by atoms with van der Waals surface area (Å²) in [6.45, 7) is 2.34. The molecule has 2 N–H and O–H groups in total. The molecular weight excluding hydrogens is 392 g/mol. The molecule has 2 aliphatic rings. The average Bonchev–Trinajstić information content (AvgIpc) is 2.78. The van der Waals surface area contributed by atoms with Crippen molar-refractivity contribution in [1.29, 1.82) is 5.26 Å². The number of ketones is 1. The summed E-state index contributed by atoms with van der Waals surface area (Å²) >= 11 is 0. The van der Waals surface area contributed by atoms with E-state index in [2.05, 4.69) is 6.07 Å². The van der Waals surface area contributed by atoms with Gasteiger partial charge in [-0.2, -0.15) is 5.26 Å². The second-order valence-corrected chi connectivity index (χ2v) is 7.54. The highest BCUT2D eigenvalue weighted by atomic mass is 16.5. The first-order chi connectivity index (χ1) is 15.1. The highest BCUT2D eigenvalue weighted by Crippen LogP contribution is 2.47. The number of allylic oxidation sites excluding steroid dienone is 3. The van der Waals surface area contributed by atoms with Crippen molar-refractivity contribution in [2.45, 2.75) is 31.6 Å². The lowest BCUT2D eigenvalue weighted by molar-refractivity contribution is -0.117. The van der Waals surface area contributed by atoms with Crippen LogP contribution in [0.25, 0.3) is 0 Å². The first kappa shape index (κ1) is 20.5. The van der Waals surface area contributed by atoms with Crippen molar-refractivity contribution in [1.82, 2.24) is 0 Å². The Kier molecular flexibility index (Phi) is 5.68. The van der Waals surface area contributed by atoms with Gasteiger partial charge in [-0.15, -0.1) is 0 Å². The number of carbonyl (C=O) groups excluding carboxylic acids is 1. The molecule has 2 aromatic carbocycles. The Balaban J connectivity index is 1.80. The Morgan fingerprint density at radius 2 is 1.90 bits per heavy atom. The number of hydrogen-bond acceptors (Lipinski definition) is 6. The van der Waals surface area contributed by atoms with Crippen LogP contribution in [0.4, 0.5) is 0 Å². The summed E-state index contributed by atoms with van der Waals surface area (Å²) in [5, 5.41) is 9.82. The smallest absolute Gasteiger partial charge is 0.205 e. The highest BCUT2D eigenvalue weighted by molar-refractivity contribution is 6.00. The third-order valence-corrected chi connectivity index (χ3v) is 5.75. The molecule has 0 unspecified atom stereocenters. The van der Waals surface area contributed by atoms with Crippen LogP contribution in [-0.2, 0) is 9.53 Å². The second-order valence-electron chi connectivity index (χ2n) is 7.54. The summed E-state index contributed by atoms with van der Waals surface area (Å²) in [6.07, 6.45) is 0.908.